The molecule has 2 fully saturated rings. The maximum Gasteiger partial charge on any atom is 0.416 e. The van der Waals surface area contributed by atoms with E-state index in [1.54, 1.807) is 4.90 Å². The molecule has 7 heteroatoms. The predicted octanol–water partition coefficient (Wildman–Crippen LogP) is 2.26. The molecule has 2 aliphatic rings. The Morgan fingerprint density at radius 1 is 1.21 bits per heavy atom. The van der Waals surface area contributed by atoms with Gasteiger partial charge in [0.1, 0.15) is 0 Å². The minimum absolute atomic E-state index is 0.0218. The number of hydrogen-bond acceptors (Lipinski definition) is 3. The Balaban J connectivity index is 1.62. The highest BCUT2D eigenvalue weighted by Gasteiger charge is 2.34. The van der Waals surface area contributed by atoms with Crippen molar-refractivity contribution in [1.29, 1.82) is 0 Å². The highest BCUT2D eigenvalue weighted by molar-refractivity contribution is 5.79. The van der Waals surface area contributed by atoms with Gasteiger partial charge in [0, 0.05) is 25.7 Å². The highest BCUT2D eigenvalue weighted by Crippen LogP contribution is 2.31. The molecule has 24 heavy (non-hydrogen) atoms. The van der Waals surface area contributed by atoms with Crippen LogP contribution in [0.5, 0.6) is 0 Å². The third-order valence-electron chi connectivity index (χ3n) is 4.55. The number of benzene rings is 1. The van der Waals surface area contributed by atoms with Crippen LogP contribution in [0.1, 0.15) is 30.4 Å². The SMILES string of the molecule is O=C(CN1CC[C@H](O)C1)N(Cc1ccc(C(F)(F)F)cc1)C1CC1. The number of rotatable bonds is 5. The van der Waals surface area contributed by atoms with E-state index in [0.29, 0.717) is 31.6 Å². The molecule has 1 saturated heterocycles. The number of carbonyl (C=O) groups excluding carboxylic acids is 1. The lowest BCUT2D eigenvalue weighted by Crippen LogP contribution is -2.40. The number of β-amino-alcohol motifs (C(OH)–C–C–N with tert-alkyl or cyclic N) is 1. The first kappa shape index (κ1) is 17.2. The van der Waals surface area contributed by atoms with Crippen LogP contribution in [-0.2, 0) is 17.5 Å². The molecule has 0 unspecified atom stereocenters. The minimum Gasteiger partial charge on any atom is -0.392 e. The van der Waals surface area contributed by atoms with E-state index in [-0.39, 0.29) is 24.6 Å². The van der Waals surface area contributed by atoms with E-state index >= 15 is 0 Å². The average molecular weight is 342 g/mol. The normalized spacial score (nSPS) is 21.9. The fraction of sp³-hybridized carbons (Fsp3) is 0.588. The van der Waals surface area contributed by atoms with E-state index < -0.39 is 11.7 Å². The van der Waals surface area contributed by atoms with Gasteiger partial charge in [0.15, 0.2) is 0 Å². The van der Waals surface area contributed by atoms with Crippen molar-refractivity contribution in [3.63, 3.8) is 0 Å². The third-order valence-corrected chi connectivity index (χ3v) is 4.55. The molecule has 0 bridgehead atoms. The summed E-state index contributed by atoms with van der Waals surface area (Å²) in [4.78, 5) is 16.2. The Morgan fingerprint density at radius 3 is 2.38 bits per heavy atom. The molecule has 1 aliphatic carbocycles. The van der Waals surface area contributed by atoms with Crippen LogP contribution in [0.3, 0.4) is 0 Å². The van der Waals surface area contributed by atoms with Gasteiger partial charge in [-0.2, -0.15) is 13.2 Å². The number of halogens is 3. The Hall–Kier alpha value is -1.60. The average Bonchev–Trinajstić information content (AvgIpc) is 3.27. The van der Waals surface area contributed by atoms with E-state index in [1.165, 1.54) is 12.1 Å². The fourth-order valence-corrected chi connectivity index (χ4v) is 3.04. The van der Waals surface area contributed by atoms with E-state index in [2.05, 4.69) is 0 Å². The van der Waals surface area contributed by atoms with Crippen LogP contribution in [0.2, 0.25) is 0 Å². The largest absolute Gasteiger partial charge is 0.416 e. The zero-order valence-electron chi connectivity index (χ0n) is 13.3. The molecule has 0 aromatic heterocycles. The number of carbonyl (C=O) groups is 1. The Labute approximate surface area is 138 Å². The molecule has 0 spiro atoms. The monoisotopic (exact) mass is 342 g/mol. The second-order valence-electron chi connectivity index (χ2n) is 6.63. The standard InChI is InChI=1S/C17H21F3N2O2/c18-17(19,20)13-3-1-12(2-4-13)9-22(14-5-6-14)16(24)11-21-8-7-15(23)10-21/h1-4,14-15,23H,5-11H2/t15-/m0/s1. The van der Waals surface area contributed by atoms with Crippen LogP contribution >= 0.6 is 0 Å². The van der Waals surface area contributed by atoms with Crippen LogP contribution in [0.15, 0.2) is 24.3 Å². The first-order valence-electron chi connectivity index (χ1n) is 8.19. The summed E-state index contributed by atoms with van der Waals surface area (Å²) in [6.45, 7) is 1.79. The molecule has 132 valence electrons. The van der Waals surface area contributed by atoms with Gasteiger partial charge in [-0.25, -0.2) is 0 Å². The molecule has 1 amide bonds. The second-order valence-corrected chi connectivity index (χ2v) is 6.63. The van der Waals surface area contributed by atoms with Gasteiger partial charge in [-0.3, -0.25) is 9.69 Å². The minimum atomic E-state index is -4.35. The molecule has 1 aromatic carbocycles. The summed E-state index contributed by atoms with van der Waals surface area (Å²) < 4.78 is 37.9. The van der Waals surface area contributed by atoms with Crippen molar-refractivity contribution in [1.82, 2.24) is 9.80 Å². The Morgan fingerprint density at radius 2 is 1.88 bits per heavy atom. The van der Waals surface area contributed by atoms with Crippen LogP contribution in [0.25, 0.3) is 0 Å². The molecule has 1 aromatic rings. The quantitative estimate of drug-likeness (QED) is 0.893. The number of aliphatic hydroxyl groups is 1. The number of alkyl halides is 3. The molecule has 3 rings (SSSR count). The topological polar surface area (TPSA) is 43.8 Å². The molecule has 1 atom stereocenters. The summed E-state index contributed by atoms with van der Waals surface area (Å²) in [7, 11) is 0. The van der Waals surface area contributed by atoms with E-state index in [1.807, 2.05) is 4.90 Å². The van der Waals surface area contributed by atoms with Crippen LogP contribution < -0.4 is 0 Å². The molecule has 1 heterocycles. The van der Waals surface area contributed by atoms with Gasteiger partial charge in [0.2, 0.25) is 5.91 Å². The third kappa shape index (κ3) is 4.27. The molecular formula is C17H21F3N2O2. The van der Waals surface area contributed by atoms with Crippen molar-refractivity contribution in [2.75, 3.05) is 19.6 Å². The van der Waals surface area contributed by atoms with Crippen molar-refractivity contribution in [2.45, 2.75) is 44.1 Å². The van der Waals surface area contributed by atoms with Crippen LogP contribution in [0.4, 0.5) is 13.2 Å². The molecular weight excluding hydrogens is 321 g/mol. The zero-order chi connectivity index (χ0) is 17.3. The van der Waals surface area contributed by atoms with Gasteiger partial charge in [0.25, 0.3) is 0 Å². The molecule has 0 radical (unpaired) electrons. The lowest BCUT2D eigenvalue weighted by atomic mass is 10.1. The number of nitrogens with zero attached hydrogens (tertiary/aromatic N) is 2. The molecule has 4 nitrogen and oxygen atoms in total. The second kappa shape index (κ2) is 6.72. The summed E-state index contributed by atoms with van der Waals surface area (Å²) in [5.41, 5.74) is 0.0197. The zero-order valence-corrected chi connectivity index (χ0v) is 13.3. The van der Waals surface area contributed by atoms with Gasteiger partial charge in [-0.1, -0.05) is 12.1 Å². The highest BCUT2D eigenvalue weighted by atomic mass is 19.4. The molecule has 1 N–H and O–H groups in total. The number of aliphatic hydroxyl groups excluding tert-OH is 1. The number of likely N-dealkylation sites (tertiary alicyclic amines) is 1. The van der Waals surface area contributed by atoms with Gasteiger partial charge < -0.3 is 10.0 Å². The first-order chi connectivity index (χ1) is 11.3. The summed E-state index contributed by atoms with van der Waals surface area (Å²) >= 11 is 0. The van der Waals surface area contributed by atoms with Crippen molar-refractivity contribution >= 4 is 5.91 Å². The maximum atomic E-state index is 12.6. The molecule has 1 aliphatic heterocycles. The summed E-state index contributed by atoms with van der Waals surface area (Å²) in [6, 6.07) is 5.17. The van der Waals surface area contributed by atoms with E-state index in [4.69, 9.17) is 0 Å². The van der Waals surface area contributed by atoms with Crippen molar-refractivity contribution in [3.8, 4) is 0 Å². The Kier molecular flexibility index (Phi) is 4.83. The predicted molar refractivity (Wildman–Crippen MR) is 82.1 cm³/mol. The van der Waals surface area contributed by atoms with Crippen molar-refractivity contribution in [3.05, 3.63) is 35.4 Å². The number of hydrogen-bond donors (Lipinski definition) is 1. The number of amides is 1. The van der Waals surface area contributed by atoms with E-state index in [0.717, 1.165) is 25.0 Å². The van der Waals surface area contributed by atoms with Crippen molar-refractivity contribution < 1.29 is 23.1 Å². The summed E-state index contributed by atoms with van der Waals surface area (Å²) in [6.07, 6.45) is -2.16. The fourth-order valence-electron chi connectivity index (χ4n) is 3.04. The molecule has 1 saturated carbocycles. The lowest BCUT2D eigenvalue weighted by molar-refractivity contribution is -0.137. The van der Waals surface area contributed by atoms with Crippen molar-refractivity contribution in [2.24, 2.45) is 0 Å². The van der Waals surface area contributed by atoms with Crippen LogP contribution in [0, 0.1) is 0 Å². The van der Waals surface area contributed by atoms with Gasteiger partial charge in [-0.15, -0.1) is 0 Å². The lowest BCUT2D eigenvalue weighted by Gasteiger charge is -2.25. The first-order valence-corrected chi connectivity index (χ1v) is 8.19. The van der Waals surface area contributed by atoms with Gasteiger partial charge >= 0.3 is 6.18 Å². The van der Waals surface area contributed by atoms with Crippen LogP contribution in [-0.4, -0.2) is 52.6 Å². The Bertz CT molecular complexity index is 584. The van der Waals surface area contributed by atoms with E-state index in [9.17, 15) is 23.1 Å². The van der Waals surface area contributed by atoms with Gasteiger partial charge in [0.05, 0.1) is 18.2 Å². The summed E-state index contributed by atoms with van der Waals surface area (Å²) in [5, 5.41) is 9.54. The smallest absolute Gasteiger partial charge is 0.392 e. The van der Waals surface area contributed by atoms with Gasteiger partial charge in [-0.05, 0) is 37.0 Å². The summed E-state index contributed by atoms with van der Waals surface area (Å²) in [5.74, 6) is -0.0218. The maximum absolute atomic E-state index is 12.6.